The highest BCUT2D eigenvalue weighted by atomic mass is 16.5. The normalized spacial score (nSPS) is 23.0. The summed E-state index contributed by atoms with van der Waals surface area (Å²) in [6.45, 7) is 2.89. The molecule has 2 atom stereocenters. The van der Waals surface area contributed by atoms with E-state index in [9.17, 15) is 14.4 Å². The summed E-state index contributed by atoms with van der Waals surface area (Å²) in [7, 11) is 0. The smallest absolute Gasteiger partial charge is 0.255 e. The number of morpholine rings is 1. The maximum Gasteiger partial charge on any atom is 0.255 e. The molecule has 8 heteroatoms. The van der Waals surface area contributed by atoms with Gasteiger partial charge in [0.1, 0.15) is 25.0 Å². The number of nitrogens with one attached hydrogen (secondary N) is 1. The van der Waals surface area contributed by atoms with E-state index in [0.717, 1.165) is 0 Å². The van der Waals surface area contributed by atoms with E-state index in [1.807, 2.05) is 0 Å². The van der Waals surface area contributed by atoms with Gasteiger partial charge in [-0.15, -0.1) is 0 Å². The molecule has 0 radical (unpaired) electrons. The first-order chi connectivity index (χ1) is 18.2. The van der Waals surface area contributed by atoms with E-state index in [-0.39, 0.29) is 79.9 Å². The van der Waals surface area contributed by atoms with Crippen molar-refractivity contribution in [3.05, 3.63) is 76.9 Å². The van der Waals surface area contributed by atoms with Crippen LogP contribution in [0.4, 0.5) is 0 Å². The maximum atomic E-state index is 13.1. The van der Waals surface area contributed by atoms with Crippen molar-refractivity contribution in [3.63, 3.8) is 0 Å². The van der Waals surface area contributed by atoms with Crippen molar-refractivity contribution in [2.24, 2.45) is 0 Å². The molecule has 5 rings (SSSR count). The second kappa shape index (κ2) is 9.30. The molecule has 2 aromatic rings. The van der Waals surface area contributed by atoms with Crippen LogP contribution in [-0.2, 0) is 34.0 Å². The number of amides is 3. The molecule has 2 aromatic carbocycles. The predicted molar refractivity (Wildman–Crippen MR) is 124 cm³/mol. The van der Waals surface area contributed by atoms with Crippen molar-refractivity contribution in [1.82, 2.24) is 15.1 Å². The van der Waals surface area contributed by atoms with Crippen LogP contribution in [0.3, 0.4) is 0 Å². The Bertz CT molecular complexity index is 1350. The first kappa shape index (κ1) is 17.8. The predicted octanol–water partition coefficient (Wildman–Crippen LogP) is 2.37. The average Bonchev–Trinajstić information content (AvgIpc) is 3.23. The third-order valence-corrected chi connectivity index (χ3v) is 6.10. The number of piperidine rings is 1. The van der Waals surface area contributed by atoms with Crippen LogP contribution in [0.15, 0.2) is 54.7 Å². The number of hydrogen-bond donors (Lipinski definition) is 1. The van der Waals surface area contributed by atoms with Gasteiger partial charge in [0.15, 0.2) is 0 Å². The van der Waals surface area contributed by atoms with Crippen molar-refractivity contribution in [3.8, 4) is 5.75 Å². The number of carbonyl (C=O) groups is 3. The standard InChI is InChI=1S/C26H27N3O5/c1-17-5-10-22(25(31)27-17)29-14-21-20(26(29)32)3-2-4-23(21)34-15-19-8-6-18(7-9-19)13-28-11-12-33-16-24(28)30/h2-4,6-9,22H,1,5,10-16H2,(H,27,31)/i6D,8D,9D,13D. The Balaban J connectivity index is 1.35. The molecular weight excluding hydrogens is 434 g/mol. The topological polar surface area (TPSA) is 88.2 Å². The first-order valence-electron chi connectivity index (χ1n) is 13.2. The van der Waals surface area contributed by atoms with Crippen LogP contribution in [0, 0.1) is 0 Å². The van der Waals surface area contributed by atoms with E-state index in [1.165, 1.54) is 15.9 Å². The summed E-state index contributed by atoms with van der Waals surface area (Å²) in [4.78, 5) is 40.5. The molecule has 2 fully saturated rings. The number of benzene rings is 2. The number of nitrogens with zero attached hydrogens (tertiary/aromatic N) is 2. The van der Waals surface area contributed by atoms with Crippen LogP contribution in [0.2, 0.25) is 0 Å². The van der Waals surface area contributed by atoms with Gasteiger partial charge in [0, 0.05) is 29.9 Å². The molecule has 3 amide bonds. The second-order valence-corrected chi connectivity index (χ2v) is 8.39. The lowest BCUT2D eigenvalue weighted by Gasteiger charge is -2.31. The van der Waals surface area contributed by atoms with E-state index < -0.39 is 12.6 Å². The van der Waals surface area contributed by atoms with Crippen LogP contribution in [0.25, 0.3) is 0 Å². The summed E-state index contributed by atoms with van der Waals surface area (Å²) in [6, 6.07) is 5.17. The fourth-order valence-corrected chi connectivity index (χ4v) is 4.29. The number of rotatable bonds is 6. The molecular formula is C26H27N3O5. The third kappa shape index (κ3) is 4.41. The molecule has 2 unspecified atom stereocenters. The second-order valence-electron chi connectivity index (χ2n) is 8.39. The van der Waals surface area contributed by atoms with Crippen LogP contribution >= 0.6 is 0 Å². The van der Waals surface area contributed by atoms with Gasteiger partial charge in [-0.2, -0.15) is 0 Å². The molecule has 1 N–H and O–H groups in total. The Morgan fingerprint density at radius 2 is 2.06 bits per heavy atom. The highest BCUT2D eigenvalue weighted by Crippen LogP contribution is 2.34. The van der Waals surface area contributed by atoms with Gasteiger partial charge in [-0.1, -0.05) is 36.8 Å². The summed E-state index contributed by atoms with van der Waals surface area (Å²) >= 11 is 0. The van der Waals surface area contributed by atoms with Gasteiger partial charge in [0.05, 0.1) is 18.6 Å². The summed E-state index contributed by atoms with van der Waals surface area (Å²) < 4.78 is 44.9. The van der Waals surface area contributed by atoms with Crippen molar-refractivity contribution < 1.29 is 29.3 Å². The summed E-state index contributed by atoms with van der Waals surface area (Å²) in [6.07, 6.45) is 1.07. The Kier molecular flexibility index (Phi) is 4.86. The lowest BCUT2D eigenvalue weighted by atomic mass is 10.0. The fourth-order valence-electron chi connectivity index (χ4n) is 4.29. The van der Waals surface area contributed by atoms with Gasteiger partial charge in [-0.05, 0) is 36.1 Å². The van der Waals surface area contributed by atoms with Gasteiger partial charge < -0.3 is 24.6 Å². The van der Waals surface area contributed by atoms with E-state index in [1.54, 1.807) is 18.2 Å². The average molecular weight is 466 g/mol. The third-order valence-electron chi connectivity index (χ3n) is 6.10. The van der Waals surface area contributed by atoms with Gasteiger partial charge in [-0.3, -0.25) is 14.4 Å². The molecule has 176 valence electrons. The number of hydrogen-bond acceptors (Lipinski definition) is 5. The van der Waals surface area contributed by atoms with Gasteiger partial charge in [-0.25, -0.2) is 0 Å². The Labute approximate surface area is 203 Å². The molecule has 8 nitrogen and oxygen atoms in total. The zero-order chi connectivity index (χ0) is 27.1. The molecule has 0 aliphatic carbocycles. The fraction of sp³-hybridized carbons (Fsp3) is 0.346. The van der Waals surface area contributed by atoms with Crippen molar-refractivity contribution in [2.75, 3.05) is 19.8 Å². The Hall–Kier alpha value is -3.65. The van der Waals surface area contributed by atoms with Gasteiger partial charge >= 0.3 is 0 Å². The Morgan fingerprint density at radius 1 is 1.21 bits per heavy atom. The summed E-state index contributed by atoms with van der Waals surface area (Å²) in [5.41, 5.74) is 1.93. The molecule has 0 bridgehead atoms. The SMILES string of the molecule is [2H]c1cc(C([2H])N2CCOCC2=O)c([2H])c([2H])c1COc1cccc2c1CN(C1CCC(=C)NC1=O)C2=O. The van der Waals surface area contributed by atoms with E-state index in [4.69, 9.17) is 15.0 Å². The number of allylic oxidation sites excluding steroid dienone is 1. The molecule has 0 spiro atoms. The minimum Gasteiger partial charge on any atom is -0.489 e. The molecule has 3 heterocycles. The van der Waals surface area contributed by atoms with E-state index >= 15 is 0 Å². The molecule has 34 heavy (non-hydrogen) atoms. The van der Waals surface area contributed by atoms with Gasteiger partial charge in [0.2, 0.25) is 11.8 Å². The van der Waals surface area contributed by atoms with Crippen LogP contribution in [0.1, 0.15) is 45.4 Å². The van der Waals surface area contributed by atoms with Crippen LogP contribution < -0.4 is 10.1 Å². The summed E-state index contributed by atoms with van der Waals surface area (Å²) in [5, 5.41) is 2.71. The zero-order valence-corrected chi connectivity index (χ0v) is 18.6. The maximum absolute atomic E-state index is 13.1. The lowest BCUT2D eigenvalue weighted by molar-refractivity contribution is -0.143. The van der Waals surface area contributed by atoms with Crippen LogP contribution in [0.5, 0.6) is 5.75 Å². The van der Waals surface area contributed by atoms with E-state index in [2.05, 4.69) is 11.9 Å². The molecule has 2 saturated heterocycles. The quantitative estimate of drug-likeness (QED) is 0.708. The molecule has 3 aliphatic rings. The largest absolute Gasteiger partial charge is 0.489 e. The van der Waals surface area contributed by atoms with E-state index in [0.29, 0.717) is 35.4 Å². The first-order valence-corrected chi connectivity index (χ1v) is 11.1. The highest BCUT2D eigenvalue weighted by molar-refractivity contribution is 6.02. The molecule has 0 saturated carbocycles. The zero-order valence-electron chi connectivity index (χ0n) is 22.6. The highest BCUT2D eigenvalue weighted by Gasteiger charge is 2.39. The minimum atomic E-state index is -1.22. The van der Waals surface area contributed by atoms with Crippen LogP contribution in [-0.4, -0.2) is 53.3 Å². The monoisotopic (exact) mass is 465 g/mol. The van der Waals surface area contributed by atoms with Crippen molar-refractivity contribution in [1.29, 1.82) is 0 Å². The summed E-state index contributed by atoms with van der Waals surface area (Å²) in [5.74, 6) is -0.515. The van der Waals surface area contributed by atoms with Crippen molar-refractivity contribution >= 4 is 17.7 Å². The minimum absolute atomic E-state index is 0.0802. The molecule has 3 aliphatic heterocycles. The van der Waals surface area contributed by atoms with Gasteiger partial charge in [0.25, 0.3) is 5.91 Å². The Morgan fingerprint density at radius 3 is 2.88 bits per heavy atom. The molecule has 0 aromatic heterocycles. The number of fused-ring (bicyclic) bond motifs is 1. The number of carbonyl (C=O) groups excluding carboxylic acids is 3. The lowest BCUT2D eigenvalue weighted by Crippen LogP contribution is -2.49. The van der Waals surface area contributed by atoms with Crippen molar-refractivity contribution in [2.45, 2.75) is 38.6 Å². The number of ether oxygens (including phenoxy) is 2.